The third-order valence-corrected chi connectivity index (χ3v) is 4.69. The molecule has 0 aliphatic heterocycles. The van der Waals surface area contributed by atoms with Gasteiger partial charge in [0.2, 0.25) is 0 Å². The molecule has 0 bridgehead atoms. The zero-order valence-corrected chi connectivity index (χ0v) is 15.3. The largest absolute Gasteiger partial charge is 0.417 e. The zero-order valence-electron chi connectivity index (χ0n) is 15.3. The number of anilines is 1. The van der Waals surface area contributed by atoms with Gasteiger partial charge in [-0.15, -0.1) is 0 Å². The van der Waals surface area contributed by atoms with Crippen LogP contribution in [0.5, 0.6) is 0 Å². The van der Waals surface area contributed by atoms with Gasteiger partial charge in [0, 0.05) is 18.9 Å². The Morgan fingerprint density at radius 1 is 1.11 bits per heavy atom. The van der Waals surface area contributed by atoms with Crippen LogP contribution in [0.3, 0.4) is 0 Å². The van der Waals surface area contributed by atoms with Gasteiger partial charge in [-0.05, 0) is 35.7 Å². The zero-order chi connectivity index (χ0) is 19.7. The number of benzene rings is 2. The highest BCUT2D eigenvalue weighted by Crippen LogP contribution is 2.37. The summed E-state index contributed by atoms with van der Waals surface area (Å²) in [5, 5.41) is 3.29. The number of rotatable bonds is 5. The molecule has 4 aromatic rings. The van der Waals surface area contributed by atoms with Gasteiger partial charge in [0.15, 0.2) is 11.5 Å². The van der Waals surface area contributed by atoms with E-state index in [0.29, 0.717) is 22.5 Å². The normalized spacial score (nSPS) is 12.0. The van der Waals surface area contributed by atoms with Crippen molar-refractivity contribution < 1.29 is 13.2 Å². The number of unbranched alkanes of at least 4 members (excludes halogenated alkanes) is 1. The lowest BCUT2D eigenvalue weighted by molar-refractivity contribution is -0.137. The number of fused-ring (bicyclic) bond motifs is 3. The van der Waals surface area contributed by atoms with Crippen LogP contribution in [0.2, 0.25) is 0 Å². The summed E-state index contributed by atoms with van der Waals surface area (Å²) in [7, 11) is 0. The van der Waals surface area contributed by atoms with Crippen LogP contribution in [0.25, 0.3) is 27.8 Å². The molecule has 0 radical (unpaired) electrons. The number of hydrogen-bond donors (Lipinski definition) is 1. The summed E-state index contributed by atoms with van der Waals surface area (Å²) < 4.78 is 42.1. The average Bonchev–Trinajstić information content (AvgIpc) is 3.17. The number of nitrogens with zero attached hydrogens (tertiary/aromatic N) is 3. The molecule has 0 amide bonds. The summed E-state index contributed by atoms with van der Waals surface area (Å²) in [6, 6.07) is 10.8. The van der Waals surface area contributed by atoms with E-state index in [1.54, 1.807) is 30.5 Å². The summed E-state index contributed by atoms with van der Waals surface area (Å²) in [6.07, 6.45) is 1.14. The lowest BCUT2D eigenvalue weighted by Gasteiger charge is -2.14. The quantitative estimate of drug-likeness (QED) is 0.444. The Balaban J connectivity index is 1.87. The molecule has 0 spiro atoms. The topological polar surface area (TPSA) is 42.2 Å². The molecule has 0 aliphatic rings. The van der Waals surface area contributed by atoms with Gasteiger partial charge in [0.05, 0.1) is 16.6 Å². The predicted molar refractivity (Wildman–Crippen MR) is 104 cm³/mol. The first-order valence-electron chi connectivity index (χ1n) is 9.16. The van der Waals surface area contributed by atoms with Crippen molar-refractivity contribution >= 4 is 22.5 Å². The predicted octanol–water partition coefficient (Wildman–Crippen LogP) is 5.78. The van der Waals surface area contributed by atoms with Crippen molar-refractivity contribution in [1.29, 1.82) is 0 Å². The Hall–Kier alpha value is -3.09. The fraction of sp³-hybridized carbons (Fsp3) is 0.238. The van der Waals surface area contributed by atoms with E-state index in [1.807, 2.05) is 10.6 Å². The Morgan fingerprint density at radius 3 is 2.71 bits per heavy atom. The molecule has 7 heteroatoms. The smallest absolute Gasteiger partial charge is 0.367 e. The van der Waals surface area contributed by atoms with E-state index in [0.717, 1.165) is 31.0 Å². The number of imidazole rings is 1. The molecule has 0 atom stereocenters. The maximum Gasteiger partial charge on any atom is 0.417 e. The summed E-state index contributed by atoms with van der Waals surface area (Å²) in [6.45, 7) is 2.86. The number of nitrogens with one attached hydrogen (secondary N) is 1. The minimum Gasteiger partial charge on any atom is -0.367 e. The minimum absolute atomic E-state index is 0.143. The first kappa shape index (κ1) is 18.3. The Kier molecular flexibility index (Phi) is 4.66. The lowest BCUT2D eigenvalue weighted by Crippen LogP contribution is -2.07. The first-order valence-corrected chi connectivity index (χ1v) is 9.16. The summed E-state index contributed by atoms with van der Waals surface area (Å²) in [4.78, 5) is 9.01. The molecule has 0 fully saturated rings. The third-order valence-electron chi connectivity index (χ3n) is 4.69. The second kappa shape index (κ2) is 7.14. The molecule has 2 aromatic carbocycles. The van der Waals surface area contributed by atoms with Crippen molar-refractivity contribution in [3.05, 3.63) is 60.4 Å². The molecule has 0 saturated carbocycles. The van der Waals surface area contributed by atoms with Gasteiger partial charge in [-0.2, -0.15) is 13.2 Å². The van der Waals surface area contributed by atoms with E-state index in [-0.39, 0.29) is 5.56 Å². The van der Waals surface area contributed by atoms with Gasteiger partial charge in [0.25, 0.3) is 0 Å². The Labute approximate surface area is 160 Å². The van der Waals surface area contributed by atoms with Crippen molar-refractivity contribution in [2.24, 2.45) is 0 Å². The van der Waals surface area contributed by atoms with Crippen LogP contribution in [0.4, 0.5) is 19.0 Å². The lowest BCUT2D eigenvalue weighted by atomic mass is 9.99. The van der Waals surface area contributed by atoms with Crippen LogP contribution < -0.4 is 5.32 Å². The fourth-order valence-electron chi connectivity index (χ4n) is 3.31. The third kappa shape index (κ3) is 3.28. The number of halogens is 3. The molecule has 144 valence electrons. The Bertz CT molecular complexity index is 1130. The van der Waals surface area contributed by atoms with Crippen LogP contribution in [0, 0.1) is 0 Å². The van der Waals surface area contributed by atoms with Gasteiger partial charge < -0.3 is 5.32 Å². The molecule has 2 aromatic heterocycles. The van der Waals surface area contributed by atoms with E-state index in [9.17, 15) is 13.2 Å². The van der Waals surface area contributed by atoms with E-state index in [2.05, 4.69) is 22.2 Å². The van der Waals surface area contributed by atoms with E-state index < -0.39 is 11.7 Å². The van der Waals surface area contributed by atoms with Crippen LogP contribution in [0.1, 0.15) is 25.3 Å². The molecule has 0 unspecified atom stereocenters. The number of alkyl halides is 3. The van der Waals surface area contributed by atoms with Crippen molar-refractivity contribution in [2.45, 2.75) is 25.9 Å². The van der Waals surface area contributed by atoms with Crippen LogP contribution in [-0.4, -0.2) is 20.9 Å². The summed E-state index contributed by atoms with van der Waals surface area (Å²) in [5.74, 6) is 0.632. The monoisotopic (exact) mass is 384 g/mol. The SMILES string of the molecule is CCCCNc1nc2cc(-c3ccccc3C(F)(F)F)ccc2n2ccnc12. The van der Waals surface area contributed by atoms with Crippen molar-refractivity contribution in [3.8, 4) is 11.1 Å². The maximum absolute atomic E-state index is 13.4. The van der Waals surface area contributed by atoms with Crippen LogP contribution >= 0.6 is 0 Å². The van der Waals surface area contributed by atoms with Gasteiger partial charge >= 0.3 is 6.18 Å². The second-order valence-electron chi connectivity index (χ2n) is 6.61. The van der Waals surface area contributed by atoms with Gasteiger partial charge in [-0.25, -0.2) is 9.97 Å². The van der Waals surface area contributed by atoms with E-state index in [4.69, 9.17) is 0 Å². The van der Waals surface area contributed by atoms with Gasteiger partial charge in [0.1, 0.15) is 0 Å². The fourth-order valence-corrected chi connectivity index (χ4v) is 3.31. The highest BCUT2D eigenvalue weighted by Gasteiger charge is 2.33. The molecule has 0 saturated heterocycles. The van der Waals surface area contributed by atoms with Crippen LogP contribution in [0.15, 0.2) is 54.9 Å². The van der Waals surface area contributed by atoms with Crippen LogP contribution in [-0.2, 0) is 6.18 Å². The van der Waals surface area contributed by atoms with E-state index in [1.165, 1.54) is 12.1 Å². The molecule has 0 aliphatic carbocycles. The Morgan fingerprint density at radius 2 is 1.93 bits per heavy atom. The van der Waals surface area contributed by atoms with E-state index >= 15 is 0 Å². The molecule has 2 heterocycles. The van der Waals surface area contributed by atoms with Gasteiger partial charge in [-0.1, -0.05) is 37.6 Å². The number of hydrogen-bond acceptors (Lipinski definition) is 3. The molecular weight excluding hydrogens is 365 g/mol. The second-order valence-corrected chi connectivity index (χ2v) is 6.61. The average molecular weight is 384 g/mol. The highest BCUT2D eigenvalue weighted by atomic mass is 19.4. The maximum atomic E-state index is 13.4. The molecule has 4 nitrogen and oxygen atoms in total. The standard InChI is InChI=1S/C21H19F3N4/c1-2-3-10-25-19-20-26-11-12-28(20)18-9-8-14(13-17(18)27-19)15-6-4-5-7-16(15)21(22,23)24/h4-9,11-13H,2-3,10H2,1H3,(H,25,27). The molecule has 1 N–H and O–H groups in total. The van der Waals surface area contributed by atoms with Crippen molar-refractivity contribution in [2.75, 3.05) is 11.9 Å². The minimum atomic E-state index is -4.42. The first-order chi connectivity index (χ1) is 13.5. The molecule has 4 rings (SSSR count). The number of aromatic nitrogens is 3. The summed E-state index contributed by atoms with van der Waals surface area (Å²) in [5.41, 5.74) is 2.07. The van der Waals surface area contributed by atoms with Crippen molar-refractivity contribution in [3.63, 3.8) is 0 Å². The highest BCUT2D eigenvalue weighted by molar-refractivity contribution is 5.87. The molecular formula is C21H19F3N4. The van der Waals surface area contributed by atoms with Crippen molar-refractivity contribution in [1.82, 2.24) is 14.4 Å². The molecule has 28 heavy (non-hydrogen) atoms. The van der Waals surface area contributed by atoms with Gasteiger partial charge in [-0.3, -0.25) is 4.40 Å². The summed E-state index contributed by atoms with van der Waals surface area (Å²) >= 11 is 0.